The lowest BCUT2D eigenvalue weighted by Crippen LogP contribution is -3.09. The van der Waals surface area contributed by atoms with Crippen LogP contribution < -0.4 is 17.4 Å². The van der Waals surface area contributed by atoms with Crippen molar-refractivity contribution in [3.63, 3.8) is 0 Å². The number of halogens is 5. The Morgan fingerprint density at radius 2 is 1.92 bits per heavy atom. The van der Waals surface area contributed by atoms with Crippen molar-refractivity contribution in [1.29, 1.82) is 0 Å². The van der Waals surface area contributed by atoms with Crippen molar-refractivity contribution in [2.75, 3.05) is 19.5 Å². The van der Waals surface area contributed by atoms with Crippen molar-refractivity contribution in [3.8, 4) is 0 Å². The molecule has 2 heterocycles. The average molecular weight is 392 g/mol. The predicted molar refractivity (Wildman–Crippen MR) is 86.6 cm³/mol. The lowest BCUT2D eigenvalue weighted by molar-refractivity contribution is -0.777. The molecule has 25 heavy (non-hydrogen) atoms. The van der Waals surface area contributed by atoms with Crippen LogP contribution in [-0.2, 0) is 0 Å². The van der Waals surface area contributed by atoms with Crippen LogP contribution in [0.25, 0.3) is 5.57 Å². The normalized spacial score (nSPS) is 18.1. The summed E-state index contributed by atoms with van der Waals surface area (Å²) in [6.45, 7) is 0.529. The molecule has 0 radical (unpaired) electrons. The molecule has 0 aromatic heterocycles. The molecule has 0 fully saturated rings. The van der Waals surface area contributed by atoms with Gasteiger partial charge in [-0.25, -0.2) is 13.2 Å². The highest BCUT2D eigenvalue weighted by Crippen LogP contribution is 2.26. The zero-order valence-electron chi connectivity index (χ0n) is 13.1. The molecule has 1 atom stereocenters. The summed E-state index contributed by atoms with van der Waals surface area (Å²) < 4.78 is 42.1. The number of rotatable bonds is 5. The standard InChI is InChI=1S/C15H13ClF3N5.ClH/c1-23(6-2-5-16)14-9(7-20-15-21-8-22-24(14)15)12-10(17)3-4-11(18)13(12)19;/h3-4,7-8H,2,5-6H2,1H3;1H. The van der Waals surface area contributed by atoms with Crippen LogP contribution in [0.4, 0.5) is 13.2 Å². The number of quaternary nitrogens is 1. The van der Waals surface area contributed by atoms with Gasteiger partial charge in [-0.2, -0.15) is 9.98 Å². The summed E-state index contributed by atoms with van der Waals surface area (Å²) in [4.78, 5) is 9.84. The lowest BCUT2D eigenvalue weighted by atomic mass is 10.0. The van der Waals surface area contributed by atoms with Gasteiger partial charge in [0.1, 0.15) is 5.82 Å². The van der Waals surface area contributed by atoms with Crippen LogP contribution >= 0.6 is 11.6 Å². The molecule has 1 aromatic rings. The van der Waals surface area contributed by atoms with Crippen LogP contribution in [0, 0.1) is 17.5 Å². The fraction of sp³-hybridized carbons (Fsp3) is 0.267. The summed E-state index contributed by atoms with van der Waals surface area (Å²) in [6, 6.07) is 1.64. The summed E-state index contributed by atoms with van der Waals surface area (Å²) in [7, 11) is 1.74. The van der Waals surface area contributed by atoms with E-state index in [4.69, 9.17) is 11.6 Å². The molecular formula is C15H14Cl2F3N5. The second-order valence-corrected chi connectivity index (χ2v) is 5.63. The van der Waals surface area contributed by atoms with Crippen LogP contribution in [-0.4, -0.2) is 42.9 Å². The maximum atomic E-state index is 14.3. The van der Waals surface area contributed by atoms with Crippen molar-refractivity contribution < 1.29 is 30.6 Å². The van der Waals surface area contributed by atoms with E-state index in [-0.39, 0.29) is 18.0 Å². The first-order valence-electron chi connectivity index (χ1n) is 7.22. The van der Waals surface area contributed by atoms with Crippen molar-refractivity contribution >= 4 is 35.7 Å². The summed E-state index contributed by atoms with van der Waals surface area (Å²) >= 11 is 5.72. The highest BCUT2D eigenvalue weighted by Gasteiger charge is 2.37. The number of benzene rings is 1. The Bertz CT molecular complexity index is 792. The van der Waals surface area contributed by atoms with Gasteiger partial charge in [0.05, 0.1) is 17.4 Å². The molecule has 0 aliphatic carbocycles. The SMILES string of the molecule is CN(CCCCl)C1=C(c2c(F)ccc(F)c2F)C=NC2=NC=N[NH+]21.[Cl-]. The minimum atomic E-state index is -1.26. The predicted octanol–water partition coefficient (Wildman–Crippen LogP) is -1.38. The smallest absolute Gasteiger partial charge is 0.362 e. The van der Waals surface area contributed by atoms with Gasteiger partial charge >= 0.3 is 5.96 Å². The van der Waals surface area contributed by atoms with Crippen LogP contribution in [0.3, 0.4) is 0 Å². The minimum Gasteiger partial charge on any atom is -1.00 e. The monoisotopic (exact) mass is 391 g/mol. The van der Waals surface area contributed by atoms with Gasteiger partial charge in [-0.05, 0) is 18.6 Å². The van der Waals surface area contributed by atoms with Crippen LogP contribution in [0.15, 0.2) is 33.0 Å². The first-order chi connectivity index (χ1) is 11.5. The van der Waals surface area contributed by atoms with Crippen LogP contribution in [0.2, 0.25) is 0 Å². The Labute approximate surface area is 153 Å². The van der Waals surface area contributed by atoms with Crippen LogP contribution in [0.5, 0.6) is 0 Å². The van der Waals surface area contributed by atoms with Crippen LogP contribution in [0.1, 0.15) is 12.0 Å². The number of guanidine groups is 1. The van der Waals surface area contributed by atoms with E-state index in [2.05, 4.69) is 15.1 Å². The number of nitrogens with one attached hydrogen (secondary N) is 1. The first-order valence-corrected chi connectivity index (χ1v) is 7.75. The highest BCUT2D eigenvalue weighted by atomic mass is 35.5. The van der Waals surface area contributed by atoms with Gasteiger partial charge in [0.25, 0.3) is 0 Å². The summed E-state index contributed by atoms with van der Waals surface area (Å²) in [5, 5.41) is 4.52. The second-order valence-electron chi connectivity index (χ2n) is 5.25. The molecule has 0 saturated heterocycles. The zero-order valence-corrected chi connectivity index (χ0v) is 14.6. The molecule has 1 N–H and O–H groups in total. The number of alkyl halides is 1. The number of fused-ring (bicyclic) bond motifs is 1. The third-order valence-electron chi connectivity index (χ3n) is 3.70. The maximum Gasteiger partial charge on any atom is 0.362 e. The largest absolute Gasteiger partial charge is 1.00 e. The van der Waals surface area contributed by atoms with Gasteiger partial charge in [-0.1, -0.05) is 10.1 Å². The quantitative estimate of drug-likeness (QED) is 0.488. The molecule has 2 aliphatic rings. The van der Waals surface area contributed by atoms with Gasteiger partial charge in [-0.15, -0.1) is 11.6 Å². The zero-order chi connectivity index (χ0) is 17.3. The lowest BCUT2D eigenvalue weighted by Gasteiger charge is -2.26. The van der Waals surface area contributed by atoms with Crippen molar-refractivity contribution in [2.24, 2.45) is 15.1 Å². The molecule has 1 unspecified atom stereocenters. The van der Waals surface area contributed by atoms with E-state index in [1.165, 1.54) is 12.6 Å². The highest BCUT2D eigenvalue weighted by molar-refractivity contribution is 6.17. The Morgan fingerprint density at radius 1 is 1.20 bits per heavy atom. The second kappa shape index (κ2) is 7.99. The molecule has 0 saturated carbocycles. The van der Waals surface area contributed by atoms with E-state index in [9.17, 15) is 13.2 Å². The van der Waals surface area contributed by atoms with E-state index >= 15 is 0 Å². The summed E-state index contributed by atoms with van der Waals surface area (Å²) in [5.74, 6) is -2.04. The Hall–Kier alpha value is -1.90. The number of aliphatic imine (C=N–C) groups is 2. The van der Waals surface area contributed by atoms with E-state index in [0.29, 0.717) is 35.6 Å². The van der Waals surface area contributed by atoms with Crippen molar-refractivity contribution in [3.05, 3.63) is 41.0 Å². The molecular weight excluding hydrogens is 378 g/mol. The minimum absolute atomic E-state index is 0. The van der Waals surface area contributed by atoms with E-state index in [1.807, 2.05) is 0 Å². The molecule has 2 aliphatic heterocycles. The Kier molecular flexibility index (Phi) is 6.21. The number of hydrogen-bond donors (Lipinski definition) is 1. The Morgan fingerprint density at radius 3 is 2.64 bits per heavy atom. The third-order valence-corrected chi connectivity index (χ3v) is 3.96. The van der Waals surface area contributed by atoms with Gasteiger partial charge < -0.3 is 17.3 Å². The van der Waals surface area contributed by atoms with E-state index < -0.39 is 23.0 Å². The summed E-state index contributed by atoms with van der Waals surface area (Å²) in [6.07, 6.45) is 3.26. The topological polar surface area (TPSA) is 44.8 Å². The molecule has 0 amide bonds. The van der Waals surface area contributed by atoms with E-state index in [0.717, 1.165) is 12.1 Å². The van der Waals surface area contributed by atoms with Crippen molar-refractivity contribution in [2.45, 2.75) is 6.42 Å². The van der Waals surface area contributed by atoms with Gasteiger partial charge in [-0.3, -0.25) is 0 Å². The number of nitrogens with zero attached hydrogens (tertiary/aromatic N) is 4. The van der Waals surface area contributed by atoms with Gasteiger partial charge in [0.15, 0.2) is 18.0 Å². The fourth-order valence-electron chi connectivity index (χ4n) is 2.59. The number of hydrogen-bond acceptors (Lipinski definition) is 4. The molecule has 0 spiro atoms. The molecule has 0 bridgehead atoms. The molecule has 3 rings (SSSR count). The number of allylic oxidation sites excluding steroid dienone is 1. The van der Waals surface area contributed by atoms with Crippen molar-refractivity contribution in [1.82, 2.24) is 4.90 Å². The van der Waals surface area contributed by atoms with Gasteiger partial charge in [0, 0.05) is 19.5 Å². The summed E-state index contributed by atoms with van der Waals surface area (Å²) in [5.41, 5.74) is -0.352. The Balaban J connectivity index is 0.00000225. The molecule has 5 nitrogen and oxygen atoms in total. The maximum absolute atomic E-state index is 14.3. The molecule has 1 aromatic carbocycles. The first kappa shape index (κ1) is 19.4. The molecule has 10 heteroatoms. The third kappa shape index (κ3) is 3.56. The van der Waals surface area contributed by atoms with E-state index in [1.54, 1.807) is 11.9 Å². The average Bonchev–Trinajstić information content (AvgIpc) is 3.04. The molecule has 134 valence electrons. The fourth-order valence-corrected chi connectivity index (χ4v) is 2.71. The van der Waals surface area contributed by atoms with Gasteiger partial charge in [0.2, 0.25) is 5.82 Å².